The Balaban J connectivity index is 0.00000112. The van der Waals surface area contributed by atoms with Gasteiger partial charge in [-0.25, -0.2) is 0 Å². The average molecular weight is 224 g/mol. The van der Waals surface area contributed by atoms with Gasteiger partial charge in [-0.3, -0.25) is 5.32 Å². The van der Waals surface area contributed by atoms with E-state index in [1.807, 2.05) is 24.3 Å². The lowest BCUT2D eigenvalue weighted by Crippen LogP contribution is -2.19. The van der Waals surface area contributed by atoms with Crippen LogP contribution in [0.3, 0.4) is 0 Å². The van der Waals surface area contributed by atoms with Crippen LogP contribution >= 0.6 is 12.4 Å². The monoisotopic (exact) mass is 223 g/mol. The number of rotatable bonds is 2. The van der Waals surface area contributed by atoms with Gasteiger partial charge in [0.15, 0.2) is 0 Å². The molecule has 1 unspecified atom stereocenters. The lowest BCUT2D eigenvalue weighted by atomic mass is 10.1. The first-order valence-electron chi connectivity index (χ1n) is 4.76. The van der Waals surface area contributed by atoms with Gasteiger partial charge in [0.2, 0.25) is 0 Å². The normalized spacial score (nSPS) is 22.7. The molecule has 0 heterocycles. The second kappa shape index (κ2) is 5.18. The Bertz CT molecular complexity index is 372. The van der Waals surface area contributed by atoms with Crippen LogP contribution in [0.15, 0.2) is 24.3 Å². The molecule has 0 saturated carbocycles. The molecule has 0 fully saturated rings. The highest BCUT2D eigenvalue weighted by molar-refractivity contribution is 5.85. The third kappa shape index (κ3) is 2.32. The molecular weight excluding hydrogens is 210 g/mol. The van der Waals surface area contributed by atoms with E-state index in [-0.39, 0.29) is 24.6 Å². The lowest BCUT2D eigenvalue weighted by Gasteiger charge is -2.10. The molecule has 1 aliphatic carbocycles. The van der Waals surface area contributed by atoms with E-state index in [4.69, 9.17) is 6.42 Å². The number of halogens is 1. The molecule has 2 nitrogen and oxygen atoms in total. The zero-order chi connectivity index (χ0) is 9.97. The molecular formula is C12H14ClNO. The summed E-state index contributed by atoms with van der Waals surface area (Å²) < 4.78 is 0. The number of hydrogen-bond acceptors (Lipinski definition) is 2. The Morgan fingerprint density at radius 2 is 2.07 bits per heavy atom. The molecule has 80 valence electrons. The average Bonchev–Trinajstić information content (AvgIpc) is 2.54. The Hall–Kier alpha value is -1.01. The first kappa shape index (κ1) is 12.1. The van der Waals surface area contributed by atoms with Gasteiger partial charge >= 0.3 is 0 Å². The van der Waals surface area contributed by atoms with Crippen molar-refractivity contribution in [3.63, 3.8) is 0 Å². The van der Waals surface area contributed by atoms with Gasteiger partial charge in [0.25, 0.3) is 0 Å². The van der Waals surface area contributed by atoms with Crippen LogP contribution in [0, 0.1) is 12.3 Å². The molecule has 0 saturated heterocycles. The van der Waals surface area contributed by atoms with Crippen LogP contribution in [-0.4, -0.2) is 11.7 Å². The van der Waals surface area contributed by atoms with Crippen molar-refractivity contribution < 1.29 is 5.11 Å². The number of terminal acetylenes is 1. The van der Waals surface area contributed by atoms with Crippen molar-refractivity contribution in [3.8, 4) is 12.3 Å². The minimum absolute atomic E-state index is 0. The molecule has 0 bridgehead atoms. The predicted octanol–water partition coefficient (Wildman–Crippen LogP) is 1.81. The van der Waals surface area contributed by atoms with E-state index in [2.05, 4.69) is 11.2 Å². The maximum atomic E-state index is 9.76. The number of aliphatic hydroxyl groups excluding tert-OH is 1. The third-order valence-electron chi connectivity index (χ3n) is 2.64. The highest BCUT2D eigenvalue weighted by Crippen LogP contribution is 2.37. The summed E-state index contributed by atoms with van der Waals surface area (Å²) in [5.74, 6) is 2.55. The van der Waals surface area contributed by atoms with Crippen molar-refractivity contribution in [2.45, 2.75) is 18.6 Å². The van der Waals surface area contributed by atoms with Crippen LogP contribution in [0.1, 0.15) is 29.7 Å². The van der Waals surface area contributed by atoms with Crippen LogP contribution in [-0.2, 0) is 0 Å². The zero-order valence-corrected chi connectivity index (χ0v) is 9.13. The van der Waals surface area contributed by atoms with Gasteiger partial charge < -0.3 is 5.11 Å². The quantitative estimate of drug-likeness (QED) is 0.750. The van der Waals surface area contributed by atoms with Crippen LogP contribution < -0.4 is 5.32 Å². The van der Waals surface area contributed by atoms with E-state index in [0.29, 0.717) is 6.54 Å². The summed E-state index contributed by atoms with van der Waals surface area (Å²) in [6.45, 7) is 0.547. The Morgan fingerprint density at radius 1 is 1.40 bits per heavy atom. The molecule has 1 aromatic carbocycles. The number of hydrogen-bond donors (Lipinski definition) is 2. The Morgan fingerprint density at radius 3 is 2.73 bits per heavy atom. The minimum atomic E-state index is -0.346. The molecule has 3 heteroatoms. The standard InChI is InChI=1S/C12H13NO.ClH/c1-2-7-13-11-8-12(14)10-6-4-3-5-9(10)11;/h1,3-6,11-14H,7-8H2;1H/t11-,12?;/m1./s1. The van der Waals surface area contributed by atoms with E-state index in [1.54, 1.807) is 0 Å². The van der Waals surface area contributed by atoms with Crippen LogP contribution in [0.25, 0.3) is 0 Å². The van der Waals surface area contributed by atoms with Crippen molar-refractivity contribution >= 4 is 12.4 Å². The number of nitrogens with one attached hydrogen (secondary N) is 1. The second-order valence-electron chi connectivity index (χ2n) is 3.52. The summed E-state index contributed by atoms with van der Waals surface area (Å²) in [5, 5.41) is 13.0. The Labute approximate surface area is 96.1 Å². The molecule has 2 atom stereocenters. The van der Waals surface area contributed by atoms with E-state index in [1.165, 1.54) is 5.56 Å². The fourth-order valence-electron chi connectivity index (χ4n) is 1.98. The zero-order valence-electron chi connectivity index (χ0n) is 8.31. The summed E-state index contributed by atoms with van der Waals surface area (Å²) in [4.78, 5) is 0. The predicted molar refractivity (Wildman–Crippen MR) is 62.8 cm³/mol. The molecule has 2 N–H and O–H groups in total. The molecule has 0 spiro atoms. The summed E-state index contributed by atoms with van der Waals surface area (Å²) in [5.41, 5.74) is 2.21. The van der Waals surface area contributed by atoms with Gasteiger partial charge in [-0.15, -0.1) is 18.8 Å². The third-order valence-corrected chi connectivity index (χ3v) is 2.64. The second-order valence-corrected chi connectivity index (χ2v) is 3.52. The van der Waals surface area contributed by atoms with Gasteiger partial charge in [0.1, 0.15) is 0 Å². The number of aliphatic hydroxyl groups is 1. The fourth-order valence-corrected chi connectivity index (χ4v) is 1.98. The first-order valence-corrected chi connectivity index (χ1v) is 4.76. The molecule has 2 rings (SSSR count). The summed E-state index contributed by atoms with van der Waals surface area (Å²) in [6, 6.07) is 8.15. The molecule has 1 aromatic rings. The SMILES string of the molecule is C#CCN[C@@H]1CC(O)c2ccccc21.Cl. The number of benzene rings is 1. The van der Waals surface area contributed by atoms with Crippen LogP contribution in [0.5, 0.6) is 0 Å². The minimum Gasteiger partial charge on any atom is -0.388 e. The maximum absolute atomic E-state index is 9.76. The highest BCUT2D eigenvalue weighted by Gasteiger charge is 2.28. The molecule has 0 aliphatic heterocycles. The van der Waals surface area contributed by atoms with E-state index in [9.17, 15) is 5.11 Å². The van der Waals surface area contributed by atoms with Crippen molar-refractivity contribution in [1.82, 2.24) is 5.32 Å². The Kier molecular flexibility index (Phi) is 4.16. The van der Waals surface area contributed by atoms with E-state index >= 15 is 0 Å². The molecule has 1 aliphatic rings. The van der Waals surface area contributed by atoms with E-state index in [0.717, 1.165) is 12.0 Å². The van der Waals surface area contributed by atoms with E-state index < -0.39 is 0 Å². The van der Waals surface area contributed by atoms with Crippen LogP contribution in [0.4, 0.5) is 0 Å². The summed E-state index contributed by atoms with van der Waals surface area (Å²) in [7, 11) is 0. The molecule has 0 amide bonds. The van der Waals surface area contributed by atoms with Crippen molar-refractivity contribution in [1.29, 1.82) is 0 Å². The summed E-state index contributed by atoms with van der Waals surface area (Å²) in [6.07, 6.45) is 5.56. The van der Waals surface area contributed by atoms with Crippen molar-refractivity contribution in [2.24, 2.45) is 0 Å². The number of fused-ring (bicyclic) bond motifs is 1. The van der Waals surface area contributed by atoms with Crippen molar-refractivity contribution in [3.05, 3.63) is 35.4 Å². The fraction of sp³-hybridized carbons (Fsp3) is 0.333. The molecule has 0 radical (unpaired) electrons. The van der Waals surface area contributed by atoms with Crippen LogP contribution in [0.2, 0.25) is 0 Å². The first-order chi connectivity index (χ1) is 6.83. The van der Waals surface area contributed by atoms with Gasteiger partial charge in [-0.1, -0.05) is 30.2 Å². The maximum Gasteiger partial charge on any atom is 0.0811 e. The smallest absolute Gasteiger partial charge is 0.0811 e. The highest BCUT2D eigenvalue weighted by atomic mass is 35.5. The molecule has 15 heavy (non-hydrogen) atoms. The van der Waals surface area contributed by atoms with Gasteiger partial charge in [0.05, 0.1) is 12.6 Å². The largest absolute Gasteiger partial charge is 0.388 e. The topological polar surface area (TPSA) is 32.3 Å². The lowest BCUT2D eigenvalue weighted by molar-refractivity contribution is 0.169. The van der Waals surface area contributed by atoms with Gasteiger partial charge in [-0.05, 0) is 17.5 Å². The summed E-state index contributed by atoms with van der Waals surface area (Å²) >= 11 is 0. The molecule has 0 aromatic heterocycles. The van der Waals surface area contributed by atoms with Crippen molar-refractivity contribution in [2.75, 3.05) is 6.54 Å². The van der Waals surface area contributed by atoms with Gasteiger partial charge in [-0.2, -0.15) is 0 Å². The van der Waals surface area contributed by atoms with Gasteiger partial charge in [0, 0.05) is 6.04 Å².